The van der Waals surface area contributed by atoms with Crippen molar-refractivity contribution in [2.45, 2.75) is 102 Å². The summed E-state index contributed by atoms with van der Waals surface area (Å²) in [6.07, 6.45) is 9.97. The molecular weight excluding hydrogens is 759 g/mol. The van der Waals surface area contributed by atoms with Gasteiger partial charge in [0.25, 0.3) is 0 Å². The zero-order valence-electron chi connectivity index (χ0n) is 31.3. The molecule has 0 amide bonds. The molecule has 0 nitrogen and oxygen atoms in total. The molecule has 249 valence electrons. The molecule has 0 N–H and O–H groups in total. The first-order chi connectivity index (χ1) is 22.9. The van der Waals surface area contributed by atoms with Crippen LogP contribution in [0.4, 0.5) is 0 Å². The van der Waals surface area contributed by atoms with Crippen molar-refractivity contribution >= 4 is 18.1 Å². The predicted octanol–water partition coefficient (Wildman–Crippen LogP) is 13.2. The average Bonchev–Trinajstić information content (AvgIpc) is 3.62. The Bertz CT molecular complexity index is 1720. The van der Waals surface area contributed by atoms with Crippen LogP contribution in [-0.4, -0.2) is 5.98 Å². The first-order valence-electron chi connectivity index (χ1n) is 18.6. The molecular formula is C46H57HfSi. The van der Waals surface area contributed by atoms with Gasteiger partial charge in [-0.1, -0.05) is 0 Å². The van der Waals surface area contributed by atoms with Gasteiger partial charge in [-0.15, -0.1) is 0 Å². The van der Waals surface area contributed by atoms with E-state index >= 15 is 0 Å². The summed E-state index contributed by atoms with van der Waals surface area (Å²) >= 11 is -2.57. The predicted molar refractivity (Wildman–Crippen MR) is 211 cm³/mol. The standard InChI is InChI=1S/2C22H25.C2H7Si.Hf/c2*1-5-9-16-10-6-7-12-19(16)20-13-8-11-17-14-18(15-21(17)20)22(2,3)4;1-3-2;/h2*6-8,10-15H,5,9H2,1-4H3;3H,1-2H3;. The summed E-state index contributed by atoms with van der Waals surface area (Å²) in [6, 6.07) is 33.1. The van der Waals surface area contributed by atoms with E-state index in [0.29, 0.717) is 7.35 Å². The van der Waals surface area contributed by atoms with Crippen LogP contribution in [0.3, 0.4) is 0 Å². The molecule has 48 heavy (non-hydrogen) atoms. The average molecular weight is 817 g/mol. The van der Waals surface area contributed by atoms with Crippen molar-refractivity contribution in [3.63, 3.8) is 0 Å². The number of allylic oxidation sites excluding steroid dienone is 2. The Hall–Kier alpha value is -2.55. The SMILES string of the molecule is CCCc1ccccc1-c1cccc2c1C=C(C(C)(C)C)[CH]2[Hf]([CH]1C(C(C)(C)C)=Cc2c(-c3ccccc3CCC)cccc21)[SiH](C)C. The number of aryl methyl sites for hydroxylation is 2. The van der Waals surface area contributed by atoms with Gasteiger partial charge in [0, 0.05) is 0 Å². The molecule has 2 unspecified atom stereocenters. The van der Waals surface area contributed by atoms with Crippen LogP contribution in [0.15, 0.2) is 96.1 Å². The van der Waals surface area contributed by atoms with Crippen LogP contribution >= 0.6 is 0 Å². The first-order valence-corrected chi connectivity index (χ1v) is 31.9. The minimum atomic E-state index is -2.57. The fraction of sp³-hybridized carbons (Fsp3) is 0.391. The van der Waals surface area contributed by atoms with Crippen LogP contribution in [0.2, 0.25) is 13.1 Å². The molecule has 0 bridgehead atoms. The van der Waals surface area contributed by atoms with Gasteiger partial charge in [-0.3, -0.25) is 0 Å². The fourth-order valence-electron chi connectivity index (χ4n) is 8.67. The normalized spacial score (nSPS) is 17.3. The quantitative estimate of drug-likeness (QED) is 0.148. The third kappa shape index (κ3) is 6.54. The van der Waals surface area contributed by atoms with E-state index in [2.05, 4.69) is 166 Å². The molecule has 6 rings (SSSR count). The number of hydrogen-bond acceptors (Lipinski definition) is 0. The van der Waals surface area contributed by atoms with Crippen LogP contribution in [-0.2, 0) is 33.4 Å². The Morgan fingerprint density at radius 2 is 0.896 bits per heavy atom. The second-order valence-electron chi connectivity index (χ2n) is 16.7. The maximum atomic E-state index is 2.72. The molecule has 0 saturated carbocycles. The van der Waals surface area contributed by atoms with Crippen molar-refractivity contribution in [2.24, 2.45) is 10.8 Å². The number of hydrogen-bond donors (Lipinski definition) is 0. The number of benzene rings is 4. The Balaban J connectivity index is 1.57. The van der Waals surface area contributed by atoms with Crippen LogP contribution in [0.25, 0.3) is 34.4 Å². The van der Waals surface area contributed by atoms with Crippen molar-refractivity contribution in [2.75, 3.05) is 0 Å². The maximum absolute atomic E-state index is 2.72. The van der Waals surface area contributed by atoms with E-state index < -0.39 is 26.6 Å². The van der Waals surface area contributed by atoms with Gasteiger partial charge in [-0.2, -0.15) is 0 Å². The van der Waals surface area contributed by atoms with Gasteiger partial charge in [0.2, 0.25) is 0 Å². The van der Waals surface area contributed by atoms with E-state index in [1.807, 2.05) is 0 Å². The van der Waals surface area contributed by atoms with Gasteiger partial charge in [0.15, 0.2) is 0 Å². The van der Waals surface area contributed by atoms with Crippen molar-refractivity contribution < 1.29 is 20.6 Å². The van der Waals surface area contributed by atoms with E-state index in [9.17, 15) is 0 Å². The van der Waals surface area contributed by atoms with Crippen LogP contribution in [0.1, 0.15) is 109 Å². The molecule has 0 fully saturated rings. The second kappa shape index (κ2) is 14.0. The van der Waals surface area contributed by atoms with Crippen molar-refractivity contribution in [1.29, 1.82) is 0 Å². The summed E-state index contributed by atoms with van der Waals surface area (Å²) < 4.78 is 1.24. The van der Waals surface area contributed by atoms with E-state index in [4.69, 9.17) is 0 Å². The molecule has 0 spiro atoms. The molecule has 2 atom stereocenters. The van der Waals surface area contributed by atoms with Gasteiger partial charge < -0.3 is 0 Å². The molecule has 0 aliphatic heterocycles. The van der Waals surface area contributed by atoms with E-state index in [-0.39, 0.29) is 10.8 Å². The molecule has 0 saturated heterocycles. The Kier molecular flexibility index (Phi) is 10.3. The summed E-state index contributed by atoms with van der Waals surface area (Å²) in [5.41, 5.74) is 18.8. The molecule has 2 aliphatic rings. The fourth-order valence-corrected chi connectivity index (χ4v) is 42.1. The Labute approximate surface area is 300 Å². The van der Waals surface area contributed by atoms with Crippen molar-refractivity contribution in [3.05, 3.63) is 129 Å². The Morgan fingerprint density at radius 3 is 1.25 bits per heavy atom. The zero-order valence-corrected chi connectivity index (χ0v) is 36.0. The van der Waals surface area contributed by atoms with Crippen LogP contribution < -0.4 is 0 Å². The first kappa shape index (κ1) is 35.3. The van der Waals surface area contributed by atoms with E-state index in [1.165, 1.54) is 57.3 Å². The Morgan fingerprint density at radius 1 is 0.521 bits per heavy atom. The third-order valence-electron chi connectivity index (χ3n) is 10.8. The van der Waals surface area contributed by atoms with E-state index in [0.717, 1.165) is 12.8 Å². The molecule has 2 aliphatic carbocycles. The third-order valence-corrected chi connectivity index (χ3v) is 41.3. The van der Waals surface area contributed by atoms with Crippen LogP contribution in [0.5, 0.6) is 0 Å². The monoisotopic (exact) mass is 817 g/mol. The summed E-state index contributed by atoms with van der Waals surface area (Å²) in [5, 5.41) is 0. The summed E-state index contributed by atoms with van der Waals surface area (Å²) in [4.78, 5) is 0. The van der Waals surface area contributed by atoms with Crippen molar-refractivity contribution in [3.8, 4) is 22.3 Å². The van der Waals surface area contributed by atoms with Gasteiger partial charge in [-0.25, -0.2) is 0 Å². The molecule has 4 aromatic rings. The van der Waals surface area contributed by atoms with Crippen molar-refractivity contribution in [1.82, 2.24) is 0 Å². The molecule has 0 radical (unpaired) electrons. The number of fused-ring (bicyclic) bond motifs is 2. The van der Waals surface area contributed by atoms with Gasteiger partial charge >= 0.3 is 303 Å². The van der Waals surface area contributed by atoms with Gasteiger partial charge in [0.05, 0.1) is 0 Å². The number of rotatable bonds is 9. The summed E-state index contributed by atoms with van der Waals surface area (Å²) in [5.74, 6) is -1.02. The van der Waals surface area contributed by atoms with Gasteiger partial charge in [-0.05, 0) is 0 Å². The summed E-state index contributed by atoms with van der Waals surface area (Å²) in [6.45, 7) is 25.0. The minimum absolute atomic E-state index is 0.122. The molecule has 2 heteroatoms. The molecule has 0 heterocycles. The topological polar surface area (TPSA) is 0 Å². The van der Waals surface area contributed by atoms with Gasteiger partial charge in [0.1, 0.15) is 0 Å². The second-order valence-corrected chi connectivity index (χ2v) is 44.6. The molecule has 4 aromatic carbocycles. The van der Waals surface area contributed by atoms with E-state index in [1.54, 1.807) is 22.3 Å². The molecule has 0 aromatic heterocycles. The zero-order chi connectivity index (χ0) is 34.4. The summed E-state index contributed by atoms with van der Waals surface area (Å²) in [7, 11) is 0. The van der Waals surface area contributed by atoms with Crippen LogP contribution in [0, 0.1) is 10.8 Å².